The molecule has 0 amide bonds. The normalized spacial score (nSPS) is 41.8. The van der Waals surface area contributed by atoms with Gasteiger partial charge in [0, 0.05) is 17.3 Å². The number of ether oxygens (including phenoxy) is 2. The number of rotatable bonds is 4. The summed E-state index contributed by atoms with van der Waals surface area (Å²) < 4.78 is 23.7. The zero-order valence-corrected chi connectivity index (χ0v) is 16.3. The maximum Gasteiger partial charge on any atom is 0.311 e. The topological polar surface area (TPSA) is 52.6 Å². The molecule has 2 bridgehead atoms. The predicted octanol–water partition coefficient (Wildman–Crippen LogP) is 3.43. The van der Waals surface area contributed by atoms with Crippen molar-refractivity contribution in [3.05, 3.63) is 11.0 Å². The van der Waals surface area contributed by atoms with Gasteiger partial charge in [0.05, 0.1) is 29.9 Å². The molecule has 0 aromatic carbocycles. The number of carbonyl (C=O) groups is 1. The number of hydrogen-bond donors (Lipinski definition) is 0. The fourth-order valence-electron chi connectivity index (χ4n) is 5.28. The van der Waals surface area contributed by atoms with Crippen LogP contribution in [0.2, 0.25) is 0 Å². The van der Waals surface area contributed by atoms with Crippen LogP contribution in [0.3, 0.4) is 0 Å². The molecule has 5 heteroatoms. The zero-order chi connectivity index (χ0) is 17.7. The summed E-state index contributed by atoms with van der Waals surface area (Å²) in [5.74, 6) is 0.158. The molecule has 2 fully saturated rings. The molecular weight excluding hydrogens is 324 g/mol. The molecule has 0 aromatic heterocycles. The lowest BCUT2D eigenvalue weighted by Gasteiger charge is -2.39. The Morgan fingerprint density at radius 3 is 2.46 bits per heavy atom. The summed E-state index contributed by atoms with van der Waals surface area (Å²) in [6.45, 7) is 7.03. The summed E-state index contributed by atoms with van der Waals surface area (Å²) in [7, 11) is 2.02. The van der Waals surface area contributed by atoms with Crippen LogP contribution in [0.4, 0.5) is 0 Å². The fourth-order valence-corrected chi connectivity index (χ4v) is 7.54. The summed E-state index contributed by atoms with van der Waals surface area (Å²) in [6, 6.07) is 0. The van der Waals surface area contributed by atoms with Crippen LogP contribution in [0.25, 0.3) is 0 Å². The molecule has 0 unspecified atom stereocenters. The Hall–Kier alpha value is -0.680. The molecule has 24 heavy (non-hydrogen) atoms. The lowest BCUT2D eigenvalue weighted by Crippen LogP contribution is -2.39. The molecule has 3 aliphatic rings. The number of esters is 1. The van der Waals surface area contributed by atoms with Crippen LogP contribution in [0.15, 0.2) is 11.0 Å². The minimum atomic E-state index is -0.991. The monoisotopic (exact) mass is 354 g/mol. The zero-order valence-electron chi connectivity index (χ0n) is 15.5. The van der Waals surface area contributed by atoms with Gasteiger partial charge in [-0.1, -0.05) is 20.8 Å². The van der Waals surface area contributed by atoms with Gasteiger partial charge in [0.1, 0.15) is 0 Å². The third-order valence-electron chi connectivity index (χ3n) is 7.46. The highest BCUT2D eigenvalue weighted by Gasteiger charge is 2.63. The van der Waals surface area contributed by atoms with Crippen LogP contribution < -0.4 is 0 Å². The molecule has 0 spiro atoms. The van der Waals surface area contributed by atoms with Crippen LogP contribution in [0, 0.1) is 22.7 Å². The van der Waals surface area contributed by atoms with Crippen molar-refractivity contribution in [3.8, 4) is 0 Å². The number of allylic oxidation sites excluding steroid dienone is 1. The third-order valence-corrected chi connectivity index (χ3v) is 9.54. The van der Waals surface area contributed by atoms with E-state index in [1.165, 1.54) is 20.0 Å². The van der Waals surface area contributed by atoms with E-state index in [0.29, 0.717) is 18.8 Å². The van der Waals surface area contributed by atoms with Gasteiger partial charge in [-0.3, -0.25) is 9.00 Å². The van der Waals surface area contributed by atoms with Gasteiger partial charge in [0.2, 0.25) is 0 Å². The molecule has 136 valence electrons. The first-order chi connectivity index (χ1) is 11.3. The Morgan fingerprint density at radius 1 is 1.25 bits per heavy atom. The van der Waals surface area contributed by atoms with E-state index >= 15 is 0 Å². The summed E-state index contributed by atoms with van der Waals surface area (Å²) in [5.41, 5.74) is 0.406. The molecule has 0 saturated heterocycles. The molecule has 0 N–H and O–H groups in total. The van der Waals surface area contributed by atoms with Crippen LogP contribution in [0.5, 0.6) is 0 Å². The van der Waals surface area contributed by atoms with E-state index in [-0.39, 0.29) is 34.1 Å². The van der Waals surface area contributed by atoms with Crippen LogP contribution in [0.1, 0.15) is 52.9 Å². The van der Waals surface area contributed by atoms with Crippen molar-refractivity contribution in [2.24, 2.45) is 22.7 Å². The molecule has 0 aromatic rings. The van der Waals surface area contributed by atoms with Crippen molar-refractivity contribution in [1.29, 1.82) is 0 Å². The molecular formula is C19H30O4S. The van der Waals surface area contributed by atoms with E-state index in [1.54, 1.807) is 7.11 Å². The smallest absolute Gasteiger partial charge is 0.311 e. The first-order valence-electron chi connectivity index (χ1n) is 8.98. The van der Waals surface area contributed by atoms with E-state index in [0.717, 1.165) is 11.3 Å². The predicted molar refractivity (Wildman–Crippen MR) is 94.8 cm³/mol. The first-order valence-corrected chi connectivity index (χ1v) is 10.2. The van der Waals surface area contributed by atoms with E-state index in [9.17, 15) is 9.00 Å². The van der Waals surface area contributed by atoms with Crippen molar-refractivity contribution in [2.45, 2.75) is 64.2 Å². The quantitative estimate of drug-likeness (QED) is 0.726. The molecule has 0 heterocycles. The number of hydrogen-bond acceptors (Lipinski definition) is 4. The lowest BCUT2D eigenvalue weighted by atomic mass is 9.71. The van der Waals surface area contributed by atoms with E-state index in [2.05, 4.69) is 20.8 Å². The van der Waals surface area contributed by atoms with Gasteiger partial charge in [0.25, 0.3) is 0 Å². The van der Waals surface area contributed by atoms with E-state index in [4.69, 9.17) is 9.47 Å². The second-order valence-corrected chi connectivity index (χ2v) is 10.1. The summed E-state index contributed by atoms with van der Waals surface area (Å²) in [6.07, 6.45) is 6.45. The van der Waals surface area contributed by atoms with Gasteiger partial charge in [-0.05, 0) is 54.9 Å². The lowest BCUT2D eigenvalue weighted by molar-refractivity contribution is -0.149. The van der Waals surface area contributed by atoms with Gasteiger partial charge in [0.15, 0.2) is 0 Å². The number of fused-ring (bicyclic) bond motifs is 2. The molecule has 0 radical (unpaired) electrons. The average molecular weight is 355 g/mol. The minimum absolute atomic E-state index is 0.144. The average Bonchev–Trinajstić information content (AvgIpc) is 2.92. The van der Waals surface area contributed by atoms with Crippen molar-refractivity contribution >= 4 is 16.8 Å². The first kappa shape index (κ1) is 18.1. The molecule has 4 nitrogen and oxygen atoms in total. The number of methoxy groups -OCH3 is 2. The van der Waals surface area contributed by atoms with E-state index < -0.39 is 10.8 Å². The molecule has 6 atom stereocenters. The summed E-state index contributed by atoms with van der Waals surface area (Å²) in [4.78, 5) is 12.9. The molecule has 2 saturated carbocycles. The highest BCUT2D eigenvalue weighted by Crippen LogP contribution is 2.67. The van der Waals surface area contributed by atoms with E-state index in [1.807, 2.05) is 6.08 Å². The second kappa shape index (κ2) is 6.24. The van der Waals surface area contributed by atoms with Gasteiger partial charge in [-0.15, -0.1) is 0 Å². The van der Waals surface area contributed by atoms with Crippen molar-refractivity contribution in [2.75, 3.05) is 14.2 Å². The molecule has 3 aliphatic carbocycles. The Bertz CT molecular complexity index is 582. The van der Waals surface area contributed by atoms with Crippen molar-refractivity contribution in [3.63, 3.8) is 0 Å². The Balaban J connectivity index is 1.82. The van der Waals surface area contributed by atoms with Gasteiger partial charge in [-0.2, -0.15) is 0 Å². The SMILES string of the molecule is COC(=O)[C@H]1CCC([S@](=O)[C@H]2C[C@@H]3CC[C@@]2(C)C3(C)C)=C[C@H]1OC. The van der Waals surface area contributed by atoms with Gasteiger partial charge in [-0.25, -0.2) is 0 Å². The Morgan fingerprint density at radius 2 is 1.96 bits per heavy atom. The summed E-state index contributed by atoms with van der Waals surface area (Å²) >= 11 is 0. The molecule has 3 rings (SSSR count). The maximum absolute atomic E-state index is 13.4. The highest BCUT2D eigenvalue weighted by atomic mass is 32.2. The third kappa shape index (κ3) is 2.50. The minimum Gasteiger partial charge on any atom is -0.469 e. The van der Waals surface area contributed by atoms with Crippen molar-refractivity contribution in [1.82, 2.24) is 0 Å². The highest BCUT2D eigenvalue weighted by molar-refractivity contribution is 7.89. The molecule has 0 aliphatic heterocycles. The van der Waals surface area contributed by atoms with Crippen molar-refractivity contribution < 1.29 is 18.5 Å². The van der Waals surface area contributed by atoms with Crippen LogP contribution in [-0.4, -0.2) is 35.8 Å². The summed E-state index contributed by atoms with van der Waals surface area (Å²) in [5, 5.41) is 0.227. The Labute approximate surface area is 147 Å². The fraction of sp³-hybridized carbons (Fsp3) is 0.842. The van der Waals surface area contributed by atoms with Crippen LogP contribution >= 0.6 is 0 Å². The Kier molecular flexibility index (Phi) is 4.71. The van der Waals surface area contributed by atoms with Gasteiger partial charge >= 0.3 is 5.97 Å². The second-order valence-electron chi connectivity index (χ2n) is 8.40. The largest absolute Gasteiger partial charge is 0.469 e. The maximum atomic E-state index is 13.4. The number of carbonyl (C=O) groups excluding carboxylic acids is 1. The standard InChI is InChI=1S/C19H30O4S/c1-18(2)12-8-9-19(18,3)16(10-12)24(21)13-6-7-14(17(20)23-5)15(11-13)22-4/h11-12,14-16H,6-10H2,1-5H3/t12-,14-,15+,16-,19+,24-/m0/s1. The van der Waals surface area contributed by atoms with Gasteiger partial charge < -0.3 is 9.47 Å². The van der Waals surface area contributed by atoms with Crippen LogP contribution in [-0.2, 0) is 25.1 Å².